The summed E-state index contributed by atoms with van der Waals surface area (Å²) in [5.74, 6) is 0.338. The molecule has 0 unspecified atom stereocenters. The largest absolute Gasteiger partial charge is 0.484 e. The van der Waals surface area contributed by atoms with E-state index >= 15 is 0 Å². The number of benzene rings is 3. The van der Waals surface area contributed by atoms with Gasteiger partial charge >= 0.3 is 0 Å². The van der Waals surface area contributed by atoms with Crippen LogP contribution in [0.3, 0.4) is 0 Å². The zero-order valence-electron chi connectivity index (χ0n) is 16.4. The Kier molecular flexibility index (Phi) is 5.56. The van der Waals surface area contributed by atoms with E-state index in [0.717, 1.165) is 6.26 Å². The molecule has 0 bridgehead atoms. The van der Waals surface area contributed by atoms with Crippen molar-refractivity contribution in [1.29, 1.82) is 0 Å². The fourth-order valence-electron chi connectivity index (χ4n) is 2.95. The Morgan fingerprint density at radius 1 is 0.839 bits per heavy atom. The maximum absolute atomic E-state index is 13.4. The summed E-state index contributed by atoms with van der Waals surface area (Å²) in [5.41, 5.74) is 1.69. The number of ether oxygens (including phenoxy) is 1. The van der Waals surface area contributed by atoms with Gasteiger partial charge < -0.3 is 9.15 Å². The molecule has 158 valence electrons. The van der Waals surface area contributed by atoms with Crippen molar-refractivity contribution in [2.24, 2.45) is 0 Å². The number of hydrogen-bond acceptors (Lipinski definition) is 5. The van der Waals surface area contributed by atoms with Crippen LogP contribution in [0.25, 0.3) is 22.6 Å². The van der Waals surface area contributed by atoms with Gasteiger partial charge in [0, 0.05) is 17.4 Å². The van der Waals surface area contributed by atoms with Gasteiger partial charge in [0.05, 0.1) is 4.90 Å². The van der Waals surface area contributed by atoms with Crippen LogP contribution in [0.5, 0.6) is 5.75 Å². The monoisotopic (exact) mass is 441 g/mol. The van der Waals surface area contributed by atoms with Crippen molar-refractivity contribution in [3.63, 3.8) is 0 Å². The summed E-state index contributed by atoms with van der Waals surface area (Å²) < 4.78 is 61.4. The molecule has 3 aromatic carbocycles. The topological polar surface area (TPSA) is 69.4 Å². The summed E-state index contributed by atoms with van der Waals surface area (Å²) in [6.07, 6.45) is 1.13. The minimum atomic E-state index is -3.34. The second kappa shape index (κ2) is 8.31. The van der Waals surface area contributed by atoms with Gasteiger partial charge in [0.25, 0.3) is 0 Å². The Bertz CT molecular complexity index is 1300. The molecule has 0 saturated carbocycles. The molecule has 0 aliphatic rings. The summed E-state index contributed by atoms with van der Waals surface area (Å²) in [5, 5.41) is 0. The number of rotatable bonds is 6. The molecular formula is C23H17F2NO4S. The summed E-state index contributed by atoms with van der Waals surface area (Å²) in [6.45, 7) is -0.0126. The van der Waals surface area contributed by atoms with Crippen molar-refractivity contribution in [3.05, 3.63) is 90.3 Å². The first-order chi connectivity index (χ1) is 14.8. The van der Waals surface area contributed by atoms with Crippen molar-refractivity contribution in [2.75, 3.05) is 6.26 Å². The summed E-state index contributed by atoms with van der Waals surface area (Å²) >= 11 is 0. The molecule has 4 aromatic rings. The van der Waals surface area contributed by atoms with E-state index in [4.69, 9.17) is 9.15 Å². The van der Waals surface area contributed by atoms with Crippen molar-refractivity contribution in [2.45, 2.75) is 11.5 Å². The van der Waals surface area contributed by atoms with Crippen molar-refractivity contribution in [1.82, 2.24) is 4.98 Å². The Morgan fingerprint density at radius 3 is 1.97 bits per heavy atom. The second-order valence-corrected chi connectivity index (χ2v) is 8.85. The summed E-state index contributed by atoms with van der Waals surface area (Å²) in [4.78, 5) is 4.66. The van der Waals surface area contributed by atoms with Gasteiger partial charge in [-0.3, -0.25) is 0 Å². The number of nitrogens with zero attached hydrogens (tertiary/aromatic N) is 1. The highest BCUT2D eigenvalue weighted by Crippen LogP contribution is 2.33. The van der Waals surface area contributed by atoms with Crippen molar-refractivity contribution >= 4 is 9.84 Å². The number of hydrogen-bond donors (Lipinski definition) is 0. The lowest BCUT2D eigenvalue weighted by atomic mass is 10.1. The van der Waals surface area contributed by atoms with Crippen LogP contribution in [-0.4, -0.2) is 19.7 Å². The number of halogens is 2. The zero-order chi connectivity index (χ0) is 22.0. The van der Waals surface area contributed by atoms with Crippen LogP contribution >= 0.6 is 0 Å². The normalized spacial score (nSPS) is 11.5. The molecule has 8 heteroatoms. The maximum Gasteiger partial charge on any atom is 0.233 e. The molecule has 1 aromatic heterocycles. The molecule has 0 spiro atoms. The highest BCUT2D eigenvalue weighted by atomic mass is 32.2. The third kappa shape index (κ3) is 4.80. The van der Waals surface area contributed by atoms with Crippen LogP contribution in [0.1, 0.15) is 5.89 Å². The third-order valence-corrected chi connectivity index (χ3v) is 5.64. The van der Waals surface area contributed by atoms with E-state index in [1.54, 1.807) is 24.3 Å². The summed E-state index contributed by atoms with van der Waals surface area (Å²) in [6, 6.07) is 17.5. The van der Waals surface area contributed by atoms with Crippen LogP contribution in [0.2, 0.25) is 0 Å². The fraction of sp³-hybridized carbons (Fsp3) is 0.0870. The van der Waals surface area contributed by atoms with E-state index in [1.807, 2.05) is 0 Å². The van der Waals surface area contributed by atoms with Gasteiger partial charge in [0.2, 0.25) is 5.89 Å². The van der Waals surface area contributed by atoms with Crippen LogP contribution < -0.4 is 4.74 Å². The molecule has 0 radical (unpaired) electrons. The highest BCUT2D eigenvalue weighted by Gasteiger charge is 2.18. The molecule has 0 fully saturated rings. The molecule has 31 heavy (non-hydrogen) atoms. The Morgan fingerprint density at radius 2 is 1.39 bits per heavy atom. The lowest BCUT2D eigenvalue weighted by Crippen LogP contribution is -1.96. The number of oxazole rings is 1. The van der Waals surface area contributed by atoms with Gasteiger partial charge in [-0.05, 0) is 72.8 Å². The minimum absolute atomic E-state index is 0.0126. The molecule has 0 amide bonds. The average molecular weight is 441 g/mol. The van der Waals surface area contributed by atoms with E-state index in [2.05, 4.69) is 4.98 Å². The lowest BCUT2D eigenvalue weighted by molar-refractivity contribution is 0.264. The first-order valence-electron chi connectivity index (χ1n) is 9.24. The molecular weight excluding hydrogens is 424 g/mol. The Hall–Kier alpha value is -3.52. The van der Waals surface area contributed by atoms with Crippen LogP contribution in [0.4, 0.5) is 8.78 Å². The van der Waals surface area contributed by atoms with E-state index in [0.29, 0.717) is 28.3 Å². The van der Waals surface area contributed by atoms with Gasteiger partial charge in [-0.2, -0.15) is 0 Å². The molecule has 0 N–H and O–H groups in total. The first-order valence-corrected chi connectivity index (χ1v) is 11.1. The fourth-order valence-corrected chi connectivity index (χ4v) is 3.59. The second-order valence-electron chi connectivity index (χ2n) is 6.83. The maximum atomic E-state index is 13.4. The van der Waals surface area contributed by atoms with Crippen molar-refractivity contribution in [3.8, 4) is 28.3 Å². The molecule has 1 heterocycles. The minimum Gasteiger partial charge on any atom is -0.484 e. The number of sulfone groups is 1. The van der Waals surface area contributed by atoms with E-state index < -0.39 is 9.84 Å². The average Bonchev–Trinajstić information content (AvgIpc) is 3.18. The highest BCUT2D eigenvalue weighted by molar-refractivity contribution is 7.90. The Labute approximate surface area is 177 Å². The van der Waals surface area contributed by atoms with Gasteiger partial charge in [-0.25, -0.2) is 22.2 Å². The van der Waals surface area contributed by atoms with E-state index in [-0.39, 0.29) is 29.0 Å². The summed E-state index contributed by atoms with van der Waals surface area (Å²) in [7, 11) is -3.34. The molecule has 0 aliphatic heterocycles. The molecule has 0 aliphatic carbocycles. The third-order valence-electron chi connectivity index (χ3n) is 4.51. The molecule has 0 atom stereocenters. The SMILES string of the molecule is CS(=O)(=O)c1ccc(-c2oc(COc3ccc(F)cc3)nc2-c2ccc(F)cc2)cc1. The quantitative estimate of drug-likeness (QED) is 0.408. The van der Waals surface area contributed by atoms with Gasteiger partial charge in [-0.1, -0.05) is 0 Å². The van der Waals surface area contributed by atoms with E-state index in [9.17, 15) is 17.2 Å². The smallest absolute Gasteiger partial charge is 0.233 e. The predicted molar refractivity (Wildman–Crippen MR) is 111 cm³/mol. The number of aromatic nitrogens is 1. The van der Waals surface area contributed by atoms with E-state index in [1.165, 1.54) is 48.5 Å². The molecule has 5 nitrogen and oxygen atoms in total. The van der Waals surface area contributed by atoms with Crippen LogP contribution in [0.15, 0.2) is 82.1 Å². The Balaban J connectivity index is 1.70. The van der Waals surface area contributed by atoms with Gasteiger partial charge in [0.1, 0.15) is 23.1 Å². The molecule has 0 saturated heterocycles. The predicted octanol–water partition coefficient (Wildman–Crippen LogP) is 5.27. The van der Waals surface area contributed by atoms with Gasteiger partial charge in [0.15, 0.2) is 22.2 Å². The van der Waals surface area contributed by atoms with Gasteiger partial charge in [-0.15, -0.1) is 0 Å². The lowest BCUT2D eigenvalue weighted by Gasteiger charge is -2.04. The van der Waals surface area contributed by atoms with Crippen molar-refractivity contribution < 1.29 is 26.4 Å². The zero-order valence-corrected chi connectivity index (χ0v) is 17.2. The standard InChI is InChI=1S/C23H17F2NO4S/c1-31(27,28)20-12-4-16(5-13-20)23-22(15-2-6-17(24)7-3-15)26-21(30-23)14-29-19-10-8-18(25)9-11-19/h2-13H,14H2,1H3. The molecule has 4 rings (SSSR count). The van der Waals surface area contributed by atoms with Crippen LogP contribution in [0, 0.1) is 11.6 Å². The first kappa shape index (κ1) is 20.7. The van der Waals surface area contributed by atoms with Crippen LogP contribution in [-0.2, 0) is 16.4 Å².